The Hall–Kier alpha value is -2.08. The summed E-state index contributed by atoms with van der Waals surface area (Å²) in [7, 11) is 0. The lowest BCUT2D eigenvalue weighted by molar-refractivity contribution is -0.138. The molecule has 31 heavy (non-hydrogen) atoms. The highest BCUT2D eigenvalue weighted by Crippen LogP contribution is 2.32. The number of amides is 3. The minimum absolute atomic E-state index is 0.0510. The maximum atomic E-state index is 12.8. The largest absolute Gasteiger partial charge is 0.340 e. The predicted molar refractivity (Wildman–Crippen MR) is 123 cm³/mol. The summed E-state index contributed by atoms with van der Waals surface area (Å²) in [5.41, 5.74) is 2.48. The Kier molecular flexibility index (Phi) is 7.49. The molecular formula is C25H38N4O2. The van der Waals surface area contributed by atoms with Crippen LogP contribution < -0.4 is 5.32 Å². The van der Waals surface area contributed by atoms with Crippen molar-refractivity contribution >= 4 is 11.9 Å². The molecule has 170 valence electrons. The zero-order chi connectivity index (χ0) is 21.6. The highest BCUT2D eigenvalue weighted by atomic mass is 16.2. The Morgan fingerprint density at radius 3 is 2.48 bits per heavy atom. The fourth-order valence-corrected chi connectivity index (χ4v) is 5.46. The van der Waals surface area contributed by atoms with Crippen LogP contribution in [-0.4, -0.2) is 72.5 Å². The van der Waals surface area contributed by atoms with Crippen LogP contribution in [-0.2, 0) is 4.79 Å². The van der Waals surface area contributed by atoms with Crippen LogP contribution in [0.25, 0.3) is 0 Å². The van der Waals surface area contributed by atoms with E-state index in [1.54, 1.807) is 0 Å². The molecule has 1 unspecified atom stereocenters. The normalized spacial score (nSPS) is 23.2. The molecule has 1 saturated carbocycles. The second kappa shape index (κ2) is 10.5. The molecule has 6 heteroatoms. The van der Waals surface area contributed by atoms with E-state index in [4.69, 9.17) is 0 Å². The molecule has 2 heterocycles. The van der Waals surface area contributed by atoms with Crippen LogP contribution in [0.15, 0.2) is 24.3 Å². The highest BCUT2D eigenvalue weighted by molar-refractivity contribution is 5.79. The first-order valence-corrected chi connectivity index (χ1v) is 12.2. The van der Waals surface area contributed by atoms with E-state index in [9.17, 15) is 9.59 Å². The van der Waals surface area contributed by atoms with Crippen molar-refractivity contribution in [3.63, 3.8) is 0 Å². The minimum atomic E-state index is 0.0510. The van der Waals surface area contributed by atoms with Crippen molar-refractivity contribution in [3.8, 4) is 0 Å². The van der Waals surface area contributed by atoms with E-state index in [-0.39, 0.29) is 18.0 Å². The summed E-state index contributed by atoms with van der Waals surface area (Å²) in [6.45, 7) is 7.90. The SMILES string of the molecule is Cc1cccc(C2CCCN2C(=O)NCCN2CCN(C(=O)C3CCCCC3)CC2)c1. The van der Waals surface area contributed by atoms with Gasteiger partial charge >= 0.3 is 6.03 Å². The summed E-state index contributed by atoms with van der Waals surface area (Å²) in [5, 5.41) is 3.14. The second-order valence-corrected chi connectivity index (χ2v) is 9.50. The molecule has 4 rings (SSSR count). The lowest BCUT2D eigenvalue weighted by Crippen LogP contribution is -2.52. The fraction of sp³-hybridized carbons (Fsp3) is 0.680. The number of urea groups is 1. The van der Waals surface area contributed by atoms with Gasteiger partial charge in [-0.25, -0.2) is 4.79 Å². The Bertz CT molecular complexity index is 754. The monoisotopic (exact) mass is 426 g/mol. The van der Waals surface area contributed by atoms with Gasteiger partial charge in [-0.3, -0.25) is 9.69 Å². The number of rotatable bonds is 5. The number of hydrogen-bond donors (Lipinski definition) is 1. The molecule has 0 aromatic heterocycles. The van der Waals surface area contributed by atoms with Gasteiger partial charge in [0.25, 0.3) is 0 Å². The Morgan fingerprint density at radius 2 is 1.74 bits per heavy atom. The van der Waals surface area contributed by atoms with E-state index < -0.39 is 0 Å². The third kappa shape index (κ3) is 5.59. The lowest BCUT2D eigenvalue weighted by atomic mass is 9.88. The molecule has 0 bridgehead atoms. The summed E-state index contributed by atoms with van der Waals surface area (Å²) in [6, 6.07) is 8.76. The van der Waals surface area contributed by atoms with E-state index in [1.807, 2.05) is 4.90 Å². The topological polar surface area (TPSA) is 55.9 Å². The Balaban J connectivity index is 1.18. The first kappa shape index (κ1) is 22.1. The van der Waals surface area contributed by atoms with E-state index in [0.717, 1.165) is 65.0 Å². The molecule has 2 saturated heterocycles. The standard InChI is InChI=1S/C25H38N4O2/c1-20-7-5-10-22(19-20)23-11-6-13-29(23)25(31)26-12-14-27-15-17-28(18-16-27)24(30)21-8-3-2-4-9-21/h5,7,10,19,21,23H,2-4,6,8-9,11-18H2,1H3,(H,26,31). The second-order valence-electron chi connectivity index (χ2n) is 9.50. The number of hydrogen-bond acceptors (Lipinski definition) is 3. The number of likely N-dealkylation sites (tertiary alicyclic amines) is 1. The number of carbonyl (C=O) groups excluding carboxylic acids is 2. The average molecular weight is 427 g/mol. The van der Waals surface area contributed by atoms with Gasteiger partial charge in [0.05, 0.1) is 6.04 Å². The molecule has 1 aromatic carbocycles. The third-order valence-corrected chi connectivity index (χ3v) is 7.28. The molecule has 1 aliphatic carbocycles. The van der Waals surface area contributed by atoms with Crippen molar-refractivity contribution < 1.29 is 9.59 Å². The molecular weight excluding hydrogens is 388 g/mol. The number of nitrogens with zero attached hydrogens (tertiary/aromatic N) is 3. The van der Waals surface area contributed by atoms with Crippen LogP contribution in [0, 0.1) is 12.8 Å². The van der Waals surface area contributed by atoms with Crippen molar-refractivity contribution in [1.29, 1.82) is 0 Å². The maximum Gasteiger partial charge on any atom is 0.317 e. The van der Waals surface area contributed by atoms with Gasteiger partial charge in [0.1, 0.15) is 0 Å². The van der Waals surface area contributed by atoms with Crippen molar-refractivity contribution in [2.45, 2.75) is 57.9 Å². The zero-order valence-electron chi connectivity index (χ0n) is 19.0. The van der Waals surface area contributed by atoms with Crippen molar-refractivity contribution in [1.82, 2.24) is 20.0 Å². The summed E-state index contributed by atoms with van der Waals surface area (Å²) < 4.78 is 0. The molecule has 1 atom stereocenters. The van der Waals surface area contributed by atoms with Gasteiger partial charge < -0.3 is 15.1 Å². The molecule has 3 fully saturated rings. The molecule has 3 aliphatic rings. The van der Waals surface area contributed by atoms with E-state index in [0.29, 0.717) is 12.5 Å². The Labute approximate surface area is 187 Å². The molecule has 0 spiro atoms. The number of nitrogens with one attached hydrogen (secondary N) is 1. The van der Waals surface area contributed by atoms with Crippen LogP contribution in [0.4, 0.5) is 4.79 Å². The van der Waals surface area contributed by atoms with Gasteiger partial charge in [0.2, 0.25) is 5.91 Å². The minimum Gasteiger partial charge on any atom is -0.340 e. The van der Waals surface area contributed by atoms with Crippen LogP contribution in [0.3, 0.4) is 0 Å². The number of carbonyl (C=O) groups is 2. The van der Waals surface area contributed by atoms with Crippen molar-refractivity contribution in [3.05, 3.63) is 35.4 Å². The zero-order valence-corrected chi connectivity index (χ0v) is 19.0. The Morgan fingerprint density at radius 1 is 0.968 bits per heavy atom. The van der Waals surface area contributed by atoms with Crippen LogP contribution >= 0.6 is 0 Å². The molecule has 1 N–H and O–H groups in total. The number of aryl methyl sites for hydroxylation is 1. The summed E-state index contributed by atoms with van der Waals surface area (Å²) in [5.74, 6) is 0.644. The first-order chi connectivity index (χ1) is 15.1. The van der Waals surface area contributed by atoms with Gasteiger partial charge in [-0.05, 0) is 38.2 Å². The number of benzene rings is 1. The maximum absolute atomic E-state index is 12.8. The molecule has 3 amide bonds. The predicted octanol–water partition coefficient (Wildman–Crippen LogP) is 3.57. The average Bonchev–Trinajstić information content (AvgIpc) is 3.30. The van der Waals surface area contributed by atoms with E-state index in [1.165, 1.54) is 30.4 Å². The molecule has 1 aromatic rings. The van der Waals surface area contributed by atoms with E-state index >= 15 is 0 Å². The number of piperazine rings is 1. The highest BCUT2D eigenvalue weighted by Gasteiger charge is 2.31. The summed E-state index contributed by atoms with van der Waals surface area (Å²) in [6.07, 6.45) is 7.94. The van der Waals surface area contributed by atoms with Crippen LogP contribution in [0.2, 0.25) is 0 Å². The van der Waals surface area contributed by atoms with Gasteiger partial charge in [-0.15, -0.1) is 0 Å². The lowest BCUT2D eigenvalue weighted by Gasteiger charge is -2.37. The smallest absolute Gasteiger partial charge is 0.317 e. The van der Waals surface area contributed by atoms with E-state index in [2.05, 4.69) is 46.3 Å². The third-order valence-electron chi connectivity index (χ3n) is 7.28. The molecule has 0 radical (unpaired) electrons. The summed E-state index contributed by atoms with van der Waals surface area (Å²) >= 11 is 0. The fourth-order valence-electron chi connectivity index (χ4n) is 5.46. The van der Waals surface area contributed by atoms with Gasteiger partial charge in [-0.1, -0.05) is 49.1 Å². The molecule has 2 aliphatic heterocycles. The van der Waals surface area contributed by atoms with Gasteiger partial charge in [0, 0.05) is 51.7 Å². The summed E-state index contributed by atoms with van der Waals surface area (Å²) in [4.78, 5) is 32.0. The van der Waals surface area contributed by atoms with Crippen molar-refractivity contribution in [2.75, 3.05) is 45.8 Å². The van der Waals surface area contributed by atoms with Gasteiger partial charge in [-0.2, -0.15) is 0 Å². The van der Waals surface area contributed by atoms with Crippen LogP contribution in [0.1, 0.15) is 62.1 Å². The van der Waals surface area contributed by atoms with Crippen LogP contribution in [0.5, 0.6) is 0 Å². The molecule has 6 nitrogen and oxygen atoms in total. The van der Waals surface area contributed by atoms with Gasteiger partial charge in [0.15, 0.2) is 0 Å². The first-order valence-electron chi connectivity index (χ1n) is 12.2. The van der Waals surface area contributed by atoms with Crippen molar-refractivity contribution in [2.24, 2.45) is 5.92 Å². The quantitative estimate of drug-likeness (QED) is 0.783.